The summed E-state index contributed by atoms with van der Waals surface area (Å²) in [6, 6.07) is 9.60. The molecule has 16 heavy (non-hydrogen) atoms. The van der Waals surface area contributed by atoms with Crippen LogP contribution >= 0.6 is 15.9 Å². The summed E-state index contributed by atoms with van der Waals surface area (Å²) in [6.45, 7) is 0. The largest absolute Gasteiger partial charge is 0.354 e. The highest BCUT2D eigenvalue weighted by molar-refractivity contribution is 9.10. The van der Waals surface area contributed by atoms with Gasteiger partial charge in [-0.2, -0.15) is 0 Å². The van der Waals surface area contributed by atoms with Crippen molar-refractivity contribution in [3.05, 3.63) is 52.8 Å². The lowest BCUT2D eigenvalue weighted by Gasteiger charge is -2.08. The van der Waals surface area contributed by atoms with E-state index in [9.17, 15) is 0 Å². The molecule has 0 aliphatic rings. The highest BCUT2D eigenvalue weighted by Gasteiger charge is 1.99. The van der Waals surface area contributed by atoms with Crippen molar-refractivity contribution in [1.29, 1.82) is 0 Å². The number of nitrogens with zero attached hydrogens (tertiary/aromatic N) is 1. The SMILES string of the molecule is C#Cc1cccc(Nc2ccncc2Br)c1. The second kappa shape index (κ2) is 4.82. The summed E-state index contributed by atoms with van der Waals surface area (Å²) < 4.78 is 0.918. The Kier molecular flexibility index (Phi) is 3.23. The highest BCUT2D eigenvalue weighted by Crippen LogP contribution is 2.24. The minimum atomic E-state index is 0.857. The first-order valence-electron chi connectivity index (χ1n) is 4.73. The van der Waals surface area contributed by atoms with Crippen molar-refractivity contribution in [3.63, 3.8) is 0 Å². The third-order valence-corrected chi connectivity index (χ3v) is 2.71. The molecule has 2 nitrogen and oxygen atoms in total. The van der Waals surface area contributed by atoms with Crippen molar-refractivity contribution in [2.45, 2.75) is 0 Å². The van der Waals surface area contributed by atoms with Gasteiger partial charge in [0, 0.05) is 23.6 Å². The van der Waals surface area contributed by atoms with Gasteiger partial charge in [-0.1, -0.05) is 12.0 Å². The maximum absolute atomic E-state index is 5.34. The summed E-state index contributed by atoms with van der Waals surface area (Å²) in [5.74, 6) is 2.60. The van der Waals surface area contributed by atoms with Crippen molar-refractivity contribution >= 4 is 27.3 Å². The van der Waals surface area contributed by atoms with Gasteiger partial charge in [-0.05, 0) is 40.2 Å². The van der Waals surface area contributed by atoms with Crippen LogP contribution in [0.3, 0.4) is 0 Å². The fourth-order valence-electron chi connectivity index (χ4n) is 1.32. The van der Waals surface area contributed by atoms with Gasteiger partial charge in [0.05, 0.1) is 10.2 Å². The zero-order chi connectivity index (χ0) is 11.4. The van der Waals surface area contributed by atoms with Gasteiger partial charge in [0.2, 0.25) is 0 Å². The Labute approximate surface area is 103 Å². The van der Waals surface area contributed by atoms with Gasteiger partial charge in [0.1, 0.15) is 0 Å². The average Bonchev–Trinajstić information content (AvgIpc) is 2.32. The van der Waals surface area contributed by atoms with Gasteiger partial charge in [-0.25, -0.2) is 0 Å². The summed E-state index contributed by atoms with van der Waals surface area (Å²) in [7, 11) is 0. The second-order valence-corrected chi connectivity index (χ2v) is 4.06. The Balaban J connectivity index is 2.28. The summed E-state index contributed by atoms with van der Waals surface area (Å²) in [4.78, 5) is 4.00. The van der Waals surface area contributed by atoms with E-state index in [2.05, 4.69) is 32.2 Å². The average molecular weight is 273 g/mol. The van der Waals surface area contributed by atoms with E-state index in [1.807, 2.05) is 30.3 Å². The van der Waals surface area contributed by atoms with E-state index < -0.39 is 0 Å². The number of nitrogens with one attached hydrogen (secondary N) is 1. The maximum Gasteiger partial charge on any atom is 0.0593 e. The van der Waals surface area contributed by atoms with Crippen molar-refractivity contribution in [2.75, 3.05) is 5.32 Å². The first kappa shape index (κ1) is 10.7. The smallest absolute Gasteiger partial charge is 0.0593 e. The molecule has 0 aliphatic carbocycles. The minimum Gasteiger partial charge on any atom is -0.354 e. The first-order valence-corrected chi connectivity index (χ1v) is 5.52. The number of aromatic nitrogens is 1. The minimum absolute atomic E-state index is 0.857. The summed E-state index contributed by atoms with van der Waals surface area (Å²) >= 11 is 3.42. The second-order valence-electron chi connectivity index (χ2n) is 3.21. The normalized spacial score (nSPS) is 9.50. The molecule has 1 N–H and O–H groups in total. The Morgan fingerprint density at radius 3 is 2.94 bits per heavy atom. The molecular formula is C13H9BrN2. The molecule has 78 valence electrons. The summed E-state index contributed by atoms with van der Waals surface area (Å²) in [5, 5.41) is 3.26. The lowest BCUT2D eigenvalue weighted by Crippen LogP contribution is -1.92. The van der Waals surface area contributed by atoms with Gasteiger partial charge >= 0.3 is 0 Å². The molecule has 0 aliphatic heterocycles. The number of pyridine rings is 1. The van der Waals surface area contributed by atoms with Gasteiger partial charge in [-0.15, -0.1) is 6.42 Å². The topological polar surface area (TPSA) is 24.9 Å². The van der Waals surface area contributed by atoms with Crippen molar-refractivity contribution in [1.82, 2.24) is 4.98 Å². The van der Waals surface area contributed by atoms with E-state index in [0.717, 1.165) is 21.4 Å². The fraction of sp³-hybridized carbons (Fsp3) is 0. The molecule has 1 aromatic heterocycles. The van der Waals surface area contributed by atoms with Crippen LogP contribution in [0.2, 0.25) is 0 Å². The van der Waals surface area contributed by atoms with Crippen molar-refractivity contribution in [3.8, 4) is 12.3 Å². The molecule has 0 unspecified atom stereocenters. The van der Waals surface area contributed by atoms with E-state index in [1.54, 1.807) is 12.4 Å². The quantitative estimate of drug-likeness (QED) is 0.846. The predicted molar refractivity (Wildman–Crippen MR) is 69.6 cm³/mol. The van der Waals surface area contributed by atoms with E-state index in [0.29, 0.717) is 0 Å². The van der Waals surface area contributed by atoms with Crippen LogP contribution in [-0.2, 0) is 0 Å². The van der Waals surface area contributed by atoms with Crippen LogP contribution < -0.4 is 5.32 Å². The van der Waals surface area contributed by atoms with E-state index >= 15 is 0 Å². The number of hydrogen-bond acceptors (Lipinski definition) is 2. The maximum atomic E-state index is 5.34. The van der Waals surface area contributed by atoms with E-state index in [-0.39, 0.29) is 0 Å². The van der Waals surface area contributed by atoms with Crippen molar-refractivity contribution < 1.29 is 0 Å². The Bertz CT molecular complexity index is 544. The molecule has 2 aromatic rings. The standard InChI is InChI=1S/C13H9BrN2/c1-2-10-4-3-5-11(8-10)16-13-6-7-15-9-12(13)14/h1,3-9H,(H,15,16). The first-order chi connectivity index (χ1) is 7.79. The highest BCUT2D eigenvalue weighted by atomic mass is 79.9. The van der Waals surface area contributed by atoms with Crippen LogP contribution in [0.4, 0.5) is 11.4 Å². The molecular weight excluding hydrogens is 264 g/mol. The molecule has 0 radical (unpaired) electrons. The molecule has 1 aromatic carbocycles. The molecule has 0 amide bonds. The molecule has 2 rings (SSSR count). The fourth-order valence-corrected chi connectivity index (χ4v) is 1.67. The molecule has 0 saturated carbocycles. The lowest BCUT2D eigenvalue weighted by atomic mass is 10.2. The summed E-state index contributed by atoms with van der Waals surface area (Å²) in [6.07, 6.45) is 8.82. The van der Waals surface area contributed by atoms with Crippen LogP contribution in [0.25, 0.3) is 0 Å². The van der Waals surface area contributed by atoms with Crippen LogP contribution in [0.15, 0.2) is 47.2 Å². The number of anilines is 2. The molecule has 0 spiro atoms. The van der Waals surface area contributed by atoms with Crippen LogP contribution in [-0.4, -0.2) is 4.98 Å². The Morgan fingerprint density at radius 1 is 1.31 bits per heavy atom. The Hall–Kier alpha value is -1.79. The monoisotopic (exact) mass is 272 g/mol. The number of hydrogen-bond donors (Lipinski definition) is 1. The molecule has 1 heterocycles. The molecule has 0 atom stereocenters. The van der Waals surface area contributed by atoms with Gasteiger partial charge < -0.3 is 5.32 Å². The number of halogens is 1. The molecule has 0 bridgehead atoms. The van der Waals surface area contributed by atoms with Gasteiger partial charge in [-0.3, -0.25) is 4.98 Å². The van der Waals surface area contributed by atoms with Crippen LogP contribution in [0, 0.1) is 12.3 Å². The van der Waals surface area contributed by atoms with E-state index in [4.69, 9.17) is 6.42 Å². The molecule has 0 saturated heterocycles. The number of rotatable bonds is 2. The van der Waals surface area contributed by atoms with Gasteiger partial charge in [0.25, 0.3) is 0 Å². The molecule has 0 fully saturated rings. The number of terminal acetylenes is 1. The third-order valence-electron chi connectivity index (χ3n) is 2.08. The third kappa shape index (κ3) is 2.41. The van der Waals surface area contributed by atoms with Crippen molar-refractivity contribution in [2.24, 2.45) is 0 Å². The lowest BCUT2D eigenvalue weighted by molar-refractivity contribution is 1.30. The molecule has 3 heteroatoms. The predicted octanol–water partition coefficient (Wildman–Crippen LogP) is 3.57. The zero-order valence-corrected chi connectivity index (χ0v) is 10.0. The number of benzene rings is 1. The van der Waals surface area contributed by atoms with Crippen LogP contribution in [0.1, 0.15) is 5.56 Å². The van der Waals surface area contributed by atoms with E-state index in [1.165, 1.54) is 0 Å². The zero-order valence-electron chi connectivity index (χ0n) is 8.44. The van der Waals surface area contributed by atoms with Gasteiger partial charge in [0.15, 0.2) is 0 Å². The summed E-state index contributed by atoms with van der Waals surface area (Å²) in [5.41, 5.74) is 2.78. The van der Waals surface area contributed by atoms with Crippen LogP contribution in [0.5, 0.6) is 0 Å². The Morgan fingerprint density at radius 2 is 2.19 bits per heavy atom.